The van der Waals surface area contributed by atoms with Crippen molar-refractivity contribution in [2.45, 2.75) is 32.9 Å². The Morgan fingerprint density at radius 3 is 2.75 bits per heavy atom. The fourth-order valence-electron chi connectivity index (χ4n) is 1.86. The highest BCUT2D eigenvalue weighted by atomic mass is 16.5. The molecule has 1 aromatic heterocycles. The summed E-state index contributed by atoms with van der Waals surface area (Å²) in [7, 11) is -1.54. The quantitative estimate of drug-likeness (QED) is 0.774. The fourth-order valence-corrected chi connectivity index (χ4v) is 1.86. The average Bonchev–Trinajstić information content (AvgIpc) is 2.93. The van der Waals surface area contributed by atoms with Gasteiger partial charge in [-0.05, 0) is 25.5 Å². The lowest BCUT2D eigenvalue weighted by Gasteiger charge is -2.10. The molecule has 0 aliphatic carbocycles. The van der Waals surface area contributed by atoms with Gasteiger partial charge in [0.05, 0.1) is 5.69 Å². The van der Waals surface area contributed by atoms with Crippen molar-refractivity contribution in [3.8, 4) is 5.75 Å². The number of aromatic nitrogens is 2. The molecule has 0 saturated heterocycles. The lowest BCUT2D eigenvalue weighted by Crippen LogP contribution is -2.31. The molecule has 1 aromatic carbocycles. The number of hydrogen-bond acceptors (Lipinski definition) is 4. The van der Waals surface area contributed by atoms with Crippen LogP contribution in [0.2, 0.25) is 0 Å². The molecule has 2 N–H and O–H groups in total. The van der Waals surface area contributed by atoms with E-state index < -0.39 is 7.12 Å². The predicted molar refractivity (Wildman–Crippen MR) is 77.8 cm³/mol. The lowest BCUT2D eigenvalue weighted by atomic mass is 9.79. The van der Waals surface area contributed by atoms with Crippen LogP contribution in [0.3, 0.4) is 0 Å². The second kappa shape index (κ2) is 6.59. The first-order chi connectivity index (χ1) is 9.61. The van der Waals surface area contributed by atoms with E-state index >= 15 is 0 Å². The van der Waals surface area contributed by atoms with Crippen LogP contribution < -0.4 is 10.2 Å². The molecule has 0 bridgehead atoms. The molecular formula is C14H19BN2O3. The molecule has 0 spiro atoms. The van der Waals surface area contributed by atoms with Crippen LogP contribution in [0.4, 0.5) is 0 Å². The molecule has 0 radical (unpaired) electrons. The second-order valence-electron chi connectivity index (χ2n) is 4.74. The van der Waals surface area contributed by atoms with Crippen LogP contribution in [0.25, 0.3) is 0 Å². The number of ether oxygens (including phenoxy) is 1. The molecule has 6 heteroatoms. The number of rotatable bonds is 6. The number of para-hydroxylation sites is 1. The molecule has 106 valence electrons. The van der Waals surface area contributed by atoms with Crippen LogP contribution >= 0.6 is 0 Å². The Labute approximate surface area is 119 Å². The van der Waals surface area contributed by atoms with Gasteiger partial charge in [0.2, 0.25) is 0 Å². The minimum atomic E-state index is -1.54. The van der Waals surface area contributed by atoms with Gasteiger partial charge in [0, 0.05) is 17.7 Å². The van der Waals surface area contributed by atoms with Crippen molar-refractivity contribution in [1.29, 1.82) is 0 Å². The number of nitrogens with zero attached hydrogens (tertiary/aromatic N) is 2. The van der Waals surface area contributed by atoms with Crippen LogP contribution in [0.1, 0.15) is 32.0 Å². The molecule has 0 fully saturated rings. The highest BCUT2D eigenvalue weighted by Crippen LogP contribution is 2.12. The molecule has 0 amide bonds. The van der Waals surface area contributed by atoms with Gasteiger partial charge in [-0.3, -0.25) is 4.68 Å². The normalized spacial score (nSPS) is 12.2. The van der Waals surface area contributed by atoms with Crippen molar-refractivity contribution < 1.29 is 14.8 Å². The largest absolute Gasteiger partial charge is 0.492 e. The van der Waals surface area contributed by atoms with Gasteiger partial charge in [0.1, 0.15) is 12.4 Å². The van der Waals surface area contributed by atoms with E-state index in [2.05, 4.69) is 18.9 Å². The summed E-state index contributed by atoms with van der Waals surface area (Å²) in [4.78, 5) is 0. The summed E-state index contributed by atoms with van der Waals surface area (Å²) < 4.78 is 7.52. The zero-order valence-electron chi connectivity index (χ0n) is 11.7. The van der Waals surface area contributed by atoms with E-state index in [-0.39, 0.29) is 0 Å². The Bertz CT molecular complexity index is 557. The smallest absolute Gasteiger partial charge is 0.488 e. The molecular weight excluding hydrogens is 255 g/mol. The van der Waals surface area contributed by atoms with E-state index in [1.807, 2.05) is 16.9 Å². The van der Waals surface area contributed by atoms with Crippen molar-refractivity contribution >= 4 is 12.6 Å². The summed E-state index contributed by atoms with van der Waals surface area (Å²) in [5.74, 6) is 0.459. The van der Waals surface area contributed by atoms with Crippen molar-refractivity contribution in [2.24, 2.45) is 0 Å². The SMILES string of the molecule is CCC(C)n1ccc(COc2ccccc2B(O)O)n1. The summed E-state index contributed by atoms with van der Waals surface area (Å²) >= 11 is 0. The van der Waals surface area contributed by atoms with Crippen molar-refractivity contribution in [3.63, 3.8) is 0 Å². The molecule has 1 unspecified atom stereocenters. The molecule has 2 rings (SSSR count). The lowest BCUT2D eigenvalue weighted by molar-refractivity contribution is 0.298. The minimum absolute atomic E-state index is 0.299. The van der Waals surface area contributed by atoms with Crippen LogP contribution in [0.5, 0.6) is 5.75 Å². The standard InChI is InChI=1S/C14H19BN2O3/c1-3-11(2)17-9-8-12(16-17)10-20-14-7-5-4-6-13(14)15(18)19/h4-9,11,18-19H,3,10H2,1-2H3. The third kappa shape index (κ3) is 3.40. The van der Waals surface area contributed by atoms with Crippen LogP contribution in [-0.4, -0.2) is 26.9 Å². The monoisotopic (exact) mass is 274 g/mol. The Balaban J connectivity index is 2.04. The second-order valence-corrected chi connectivity index (χ2v) is 4.74. The Morgan fingerprint density at radius 2 is 2.05 bits per heavy atom. The summed E-state index contributed by atoms with van der Waals surface area (Å²) in [6.45, 7) is 4.52. The molecule has 1 atom stereocenters. The van der Waals surface area contributed by atoms with Gasteiger partial charge in [-0.15, -0.1) is 0 Å². The first-order valence-electron chi connectivity index (χ1n) is 6.73. The van der Waals surface area contributed by atoms with E-state index in [0.29, 0.717) is 23.9 Å². The van der Waals surface area contributed by atoms with Gasteiger partial charge in [-0.2, -0.15) is 5.10 Å². The Hall–Kier alpha value is -1.79. The Kier molecular flexibility index (Phi) is 4.81. The maximum Gasteiger partial charge on any atom is 0.492 e. The summed E-state index contributed by atoms with van der Waals surface area (Å²) in [6.07, 6.45) is 2.95. The molecule has 0 aliphatic heterocycles. The summed E-state index contributed by atoms with van der Waals surface area (Å²) in [5.41, 5.74) is 1.17. The van der Waals surface area contributed by atoms with Gasteiger partial charge in [0.25, 0.3) is 0 Å². The fraction of sp³-hybridized carbons (Fsp3) is 0.357. The van der Waals surface area contributed by atoms with Gasteiger partial charge >= 0.3 is 7.12 Å². The molecule has 20 heavy (non-hydrogen) atoms. The highest BCUT2D eigenvalue weighted by molar-refractivity contribution is 6.59. The van der Waals surface area contributed by atoms with Gasteiger partial charge < -0.3 is 14.8 Å². The first-order valence-corrected chi connectivity index (χ1v) is 6.73. The van der Waals surface area contributed by atoms with Crippen molar-refractivity contribution in [1.82, 2.24) is 9.78 Å². The zero-order valence-corrected chi connectivity index (χ0v) is 11.7. The topological polar surface area (TPSA) is 67.5 Å². The highest BCUT2D eigenvalue weighted by Gasteiger charge is 2.16. The third-order valence-electron chi connectivity index (χ3n) is 3.28. The van der Waals surface area contributed by atoms with Crippen LogP contribution in [0, 0.1) is 0 Å². The average molecular weight is 274 g/mol. The maximum atomic E-state index is 9.27. The van der Waals surface area contributed by atoms with Gasteiger partial charge in [-0.1, -0.05) is 25.1 Å². The van der Waals surface area contributed by atoms with E-state index in [4.69, 9.17) is 4.74 Å². The van der Waals surface area contributed by atoms with Crippen molar-refractivity contribution in [2.75, 3.05) is 0 Å². The minimum Gasteiger partial charge on any atom is -0.488 e. The first kappa shape index (κ1) is 14.6. The number of benzene rings is 1. The van der Waals surface area contributed by atoms with E-state index in [1.54, 1.807) is 24.3 Å². The van der Waals surface area contributed by atoms with Crippen LogP contribution in [0.15, 0.2) is 36.5 Å². The zero-order chi connectivity index (χ0) is 14.5. The number of hydrogen-bond donors (Lipinski definition) is 2. The predicted octanol–water partition coefficient (Wildman–Crippen LogP) is 1.11. The summed E-state index contributed by atoms with van der Waals surface area (Å²) in [6, 6.07) is 9.12. The molecule has 0 aliphatic rings. The third-order valence-corrected chi connectivity index (χ3v) is 3.28. The molecule has 5 nitrogen and oxygen atoms in total. The Morgan fingerprint density at radius 1 is 1.30 bits per heavy atom. The molecule has 0 saturated carbocycles. The molecule has 1 heterocycles. The maximum absolute atomic E-state index is 9.27. The van der Waals surface area contributed by atoms with Gasteiger partial charge in [0.15, 0.2) is 0 Å². The van der Waals surface area contributed by atoms with E-state index in [1.165, 1.54) is 0 Å². The van der Waals surface area contributed by atoms with E-state index in [0.717, 1.165) is 12.1 Å². The van der Waals surface area contributed by atoms with Gasteiger partial charge in [-0.25, -0.2) is 0 Å². The van der Waals surface area contributed by atoms with Crippen LogP contribution in [-0.2, 0) is 6.61 Å². The summed E-state index contributed by atoms with van der Waals surface area (Å²) in [5, 5.41) is 23.0. The van der Waals surface area contributed by atoms with Crippen molar-refractivity contribution in [3.05, 3.63) is 42.2 Å². The van der Waals surface area contributed by atoms with E-state index in [9.17, 15) is 10.0 Å². The molecule has 2 aromatic rings.